The predicted molar refractivity (Wildman–Crippen MR) is 87.3 cm³/mol. The summed E-state index contributed by atoms with van der Waals surface area (Å²) in [6, 6.07) is 1.83. The average Bonchev–Trinajstić information content (AvgIpc) is 2.85. The summed E-state index contributed by atoms with van der Waals surface area (Å²) in [5.74, 6) is -0.142. The van der Waals surface area contributed by atoms with E-state index >= 15 is 0 Å². The lowest BCUT2D eigenvalue weighted by atomic mass is 10.1. The number of urea groups is 1. The molecule has 21 heavy (non-hydrogen) atoms. The van der Waals surface area contributed by atoms with E-state index in [-0.39, 0.29) is 11.9 Å². The number of hydrogen-bond donors (Lipinski definition) is 1. The first-order chi connectivity index (χ1) is 9.79. The minimum atomic E-state index is -0.772. The van der Waals surface area contributed by atoms with Crippen LogP contribution in [0.2, 0.25) is 0 Å². The van der Waals surface area contributed by atoms with Crippen molar-refractivity contribution in [1.29, 1.82) is 0 Å². The molecule has 0 saturated carbocycles. The van der Waals surface area contributed by atoms with Gasteiger partial charge in [0.1, 0.15) is 5.54 Å². The Morgan fingerprint density at radius 2 is 2.14 bits per heavy atom. The van der Waals surface area contributed by atoms with Crippen molar-refractivity contribution < 1.29 is 9.59 Å². The lowest BCUT2D eigenvalue weighted by Gasteiger charge is -2.19. The Kier molecular flexibility index (Phi) is 5.06. The number of imide groups is 1. The molecule has 0 radical (unpaired) electrons. The fourth-order valence-corrected chi connectivity index (χ4v) is 3.54. The second kappa shape index (κ2) is 6.46. The normalized spacial score (nSPS) is 17.7. The molecular weight excluding hydrogens is 354 g/mol. The Hall–Kier alpha value is -0.920. The van der Waals surface area contributed by atoms with Crippen molar-refractivity contribution in [3.8, 4) is 0 Å². The molecule has 116 valence electrons. The lowest BCUT2D eigenvalue weighted by Crippen LogP contribution is -2.40. The number of carbonyl (C=O) groups is 2. The number of nitrogens with one attached hydrogen (secondary N) is 1. The Morgan fingerprint density at radius 1 is 1.43 bits per heavy atom. The number of halogens is 1. The van der Waals surface area contributed by atoms with Gasteiger partial charge in [-0.1, -0.05) is 0 Å². The van der Waals surface area contributed by atoms with Crippen LogP contribution in [-0.2, 0) is 11.3 Å². The van der Waals surface area contributed by atoms with E-state index in [9.17, 15) is 9.59 Å². The summed E-state index contributed by atoms with van der Waals surface area (Å²) in [4.78, 5) is 27.3. The topological polar surface area (TPSA) is 52.6 Å². The van der Waals surface area contributed by atoms with E-state index in [4.69, 9.17) is 0 Å². The zero-order valence-electron chi connectivity index (χ0n) is 12.5. The quantitative estimate of drug-likeness (QED) is 0.779. The number of carbonyl (C=O) groups excluding carboxylic acids is 2. The SMILES string of the molecule is CN(CCCN1C(=O)NC(C)(C)C1=O)Cc1csc(Br)c1. The van der Waals surface area contributed by atoms with E-state index in [1.165, 1.54) is 10.5 Å². The van der Waals surface area contributed by atoms with Gasteiger partial charge >= 0.3 is 6.03 Å². The molecule has 1 aliphatic rings. The molecule has 1 fully saturated rings. The van der Waals surface area contributed by atoms with Gasteiger partial charge in [-0.15, -0.1) is 11.3 Å². The van der Waals surface area contributed by atoms with Crippen LogP contribution in [0.25, 0.3) is 0 Å². The van der Waals surface area contributed by atoms with Crippen LogP contribution in [-0.4, -0.2) is 47.4 Å². The van der Waals surface area contributed by atoms with Crippen molar-refractivity contribution in [2.24, 2.45) is 0 Å². The summed E-state index contributed by atoms with van der Waals surface area (Å²) in [5, 5.41) is 4.82. The molecule has 1 aromatic rings. The predicted octanol–water partition coefficient (Wildman–Crippen LogP) is 2.66. The molecule has 1 N–H and O–H groups in total. The van der Waals surface area contributed by atoms with Crippen molar-refractivity contribution in [2.45, 2.75) is 32.4 Å². The average molecular weight is 374 g/mol. The molecule has 0 spiro atoms. The molecule has 1 aromatic heterocycles. The molecule has 0 aliphatic carbocycles. The first-order valence-corrected chi connectivity index (χ1v) is 8.52. The van der Waals surface area contributed by atoms with Crippen LogP contribution >= 0.6 is 27.3 Å². The summed E-state index contributed by atoms with van der Waals surface area (Å²) in [6.07, 6.45) is 0.775. The Bertz CT molecular complexity index is 544. The van der Waals surface area contributed by atoms with E-state index in [1.807, 2.05) is 7.05 Å². The minimum absolute atomic E-state index is 0.142. The number of rotatable bonds is 6. The zero-order chi connectivity index (χ0) is 15.6. The van der Waals surface area contributed by atoms with Crippen LogP contribution in [0.1, 0.15) is 25.8 Å². The first kappa shape index (κ1) is 16.5. The summed E-state index contributed by atoms with van der Waals surface area (Å²) >= 11 is 5.13. The monoisotopic (exact) mass is 373 g/mol. The van der Waals surface area contributed by atoms with Crippen LogP contribution in [0.3, 0.4) is 0 Å². The Morgan fingerprint density at radius 3 is 2.67 bits per heavy atom. The number of thiophene rings is 1. The molecule has 5 nitrogen and oxygen atoms in total. The molecular formula is C14H20BrN3O2S. The fraction of sp³-hybridized carbons (Fsp3) is 0.571. The highest BCUT2D eigenvalue weighted by Crippen LogP contribution is 2.21. The molecule has 0 bridgehead atoms. The van der Waals surface area contributed by atoms with Crippen molar-refractivity contribution in [3.63, 3.8) is 0 Å². The second-order valence-electron chi connectivity index (χ2n) is 5.86. The summed E-state index contributed by atoms with van der Waals surface area (Å²) in [5.41, 5.74) is 0.497. The number of nitrogens with zero attached hydrogens (tertiary/aromatic N) is 2. The van der Waals surface area contributed by atoms with Gasteiger partial charge in [-0.2, -0.15) is 0 Å². The minimum Gasteiger partial charge on any atom is -0.324 e. The fourth-order valence-electron chi connectivity index (χ4n) is 2.34. The van der Waals surface area contributed by atoms with Crippen LogP contribution in [0.15, 0.2) is 15.2 Å². The van der Waals surface area contributed by atoms with Crippen LogP contribution in [0, 0.1) is 0 Å². The third-order valence-corrected chi connectivity index (χ3v) is 4.99. The van der Waals surface area contributed by atoms with Crippen LogP contribution in [0.5, 0.6) is 0 Å². The molecule has 0 unspecified atom stereocenters. The lowest BCUT2D eigenvalue weighted by molar-refractivity contribution is -0.130. The van der Waals surface area contributed by atoms with Gasteiger partial charge in [-0.25, -0.2) is 4.79 Å². The number of amides is 3. The van der Waals surface area contributed by atoms with Gasteiger partial charge in [-0.3, -0.25) is 9.69 Å². The summed E-state index contributed by atoms with van der Waals surface area (Å²) in [6.45, 7) is 5.63. The maximum absolute atomic E-state index is 12.0. The summed E-state index contributed by atoms with van der Waals surface area (Å²) < 4.78 is 1.13. The van der Waals surface area contributed by atoms with Crippen LogP contribution < -0.4 is 5.32 Å². The van der Waals surface area contributed by atoms with Crippen molar-refractivity contribution in [2.75, 3.05) is 20.1 Å². The first-order valence-electron chi connectivity index (χ1n) is 6.85. The second-order valence-corrected chi connectivity index (χ2v) is 8.15. The largest absolute Gasteiger partial charge is 0.325 e. The number of hydrogen-bond acceptors (Lipinski definition) is 4. The van der Waals surface area contributed by atoms with Crippen LogP contribution in [0.4, 0.5) is 4.79 Å². The van der Waals surface area contributed by atoms with Crippen molar-refractivity contribution in [1.82, 2.24) is 15.1 Å². The highest BCUT2D eigenvalue weighted by molar-refractivity contribution is 9.11. The third kappa shape index (κ3) is 4.05. The standard InChI is InChI=1S/C14H20BrN3O2S/c1-14(2)12(19)18(13(20)16-14)6-4-5-17(3)8-10-7-11(15)21-9-10/h7,9H,4-6,8H2,1-3H3,(H,16,20). The molecule has 0 atom stereocenters. The molecule has 2 rings (SSSR count). The molecule has 3 amide bonds. The van der Waals surface area contributed by atoms with E-state index in [0.29, 0.717) is 6.54 Å². The van der Waals surface area contributed by atoms with Gasteiger partial charge in [-0.05, 0) is 66.8 Å². The van der Waals surface area contributed by atoms with Gasteiger partial charge in [0.2, 0.25) is 0 Å². The Balaban J connectivity index is 1.76. The van der Waals surface area contributed by atoms with E-state index < -0.39 is 5.54 Å². The van der Waals surface area contributed by atoms with Crippen molar-refractivity contribution >= 4 is 39.2 Å². The van der Waals surface area contributed by atoms with E-state index in [1.54, 1.807) is 25.2 Å². The van der Waals surface area contributed by atoms with Gasteiger partial charge in [0.15, 0.2) is 0 Å². The van der Waals surface area contributed by atoms with Gasteiger partial charge in [0.05, 0.1) is 3.79 Å². The zero-order valence-corrected chi connectivity index (χ0v) is 14.9. The van der Waals surface area contributed by atoms with Gasteiger partial charge < -0.3 is 10.2 Å². The Labute approximate surface area is 137 Å². The van der Waals surface area contributed by atoms with Crippen molar-refractivity contribution in [3.05, 3.63) is 20.8 Å². The van der Waals surface area contributed by atoms with Gasteiger partial charge in [0.25, 0.3) is 5.91 Å². The highest BCUT2D eigenvalue weighted by atomic mass is 79.9. The third-order valence-electron chi connectivity index (χ3n) is 3.44. The highest BCUT2D eigenvalue weighted by Gasteiger charge is 2.43. The molecule has 0 aromatic carbocycles. The van der Waals surface area contributed by atoms with E-state index in [2.05, 4.69) is 37.6 Å². The summed E-state index contributed by atoms with van der Waals surface area (Å²) in [7, 11) is 2.04. The van der Waals surface area contributed by atoms with E-state index in [0.717, 1.165) is 23.3 Å². The molecule has 2 heterocycles. The molecule has 7 heteroatoms. The molecule has 1 saturated heterocycles. The van der Waals surface area contributed by atoms with Gasteiger partial charge in [0, 0.05) is 13.1 Å². The maximum atomic E-state index is 12.0. The maximum Gasteiger partial charge on any atom is 0.325 e. The smallest absolute Gasteiger partial charge is 0.324 e. The molecule has 1 aliphatic heterocycles.